The molecular formula is C22H22N4O. The summed E-state index contributed by atoms with van der Waals surface area (Å²) in [5.74, 6) is 0.624. The van der Waals surface area contributed by atoms with Crippen LogP contribution in [0.15, 0.2) is 67.0 Å². The van der Waals surface area contributed by atoms with Gasteiger partial charge in [0.05, 0.1) is 12.4 Å². The zero-order valence-electron chi connectivity index (χ0n) is 15.1. The molecule has 0 saturated carbocycles. The quantitative estimate of drug-likeness (QED) is 0.762. The van der Waals surface area contributed by atoms with Gasteiger partial charge in [0.25, 0.3) is 5.91 Å². The summed E-state index contributed by atoms with van der Waals surface area (Å²) in [7, 11) is 0. The Balaban J connectivity index is 1.34. The van der Waals surface area contributed by atoms with Gasteiger partial charge < -0.3 is 10.2 Å². The van der Waals surface area contributed by atoms with Crippen LogP contribution in [0, 0.1) is 0 Å². The maximum Gasteiger partial charge on any atom is 0.271 e. The predicted octanol–water partition coefficient (Wildman–Crippen LogP) is 3.01. The summed E-state index contributed by atoms with van der Waals surface area (Å²) in [6.07, 6.45) is 5.05. The molecule has 1 N–H and O–H groups in total. The molecule has 0 saturated heterocycles. The van der Waals surface area contributed by atoms with Crippen molar-refractivity contribution < 1.29 is 4.79 Å². The Morgan fingerprint density at radius 2 is 1.74 bits per heavy atom. The number of hydrogen-bond donors (Lipinski definition) is 1. The summed E-state index contributed by atoms with van der Waals surface area (Å²) in [6.45, 7) is 2.32. The van der Waals surface area contributed by atoms with E-state index in [-0.39, 0.29) is 5.91 Å². The number of amides is 1. The molecule has 0 atom stereocenters. The molecule has 0 bridgehead atoms. The highest BCUT2D eigenvalue weighted by atomic mass is 16.1. The number of fused-ring (bicyclic) bond motifs is 1. The molecule has 136 valence electrons. The van der Waals surface area contributed by atoms with Gasteiger partial charge in [0.1, 0.15) is 11.5 Å². The Kier molecular flexibility index (Phi) is 5.10. The Morgan fingerprint density at radius 3 is 2.52 bits per heavy atom. The van der Waals surface area contributed by atoms with E-state index in [1.54, 1.807) is 12.4 Å². The summed E-state index contributed by atoms with van der Waals surface area (Å²) in [5, 5.41) is 2.90. The van der Waals surface area contributed by atoms with Gasteiger partial charge in [-0.15, -0.1) is 0 Å². The lowest BCUT2D eigenvalue weighted by atomic mass is 10.0. The minimum absolute atomic E-state index is 0.186. The first-order valence-electron chi connectivity index (χ1n) is 9.25. The third kappa shape index (κ3) is 4.14. The molecule has 1 aliphatic rings. The molecule has 5 heteroatoms. The van der Waals surface area contributed by atoms with Gasteiger partial charge in [-0.1, -0.05) is 54.6 Å². The molecule has 4 rings (SSSR count). The number of hydrogen-bond acceptors (Lipinski definition) is 4. The lowest BCUT2D eigenvalue weighted by Crippen LogP contribution is -2.31. The number of nitrogens with one attached hydrogen (secondary N) is 1. The van der Waals surface area contributed by atoms with Crippen LogP contribution in [-0.4, -0.2) is 29.0 Å². The SMILES string of the molecule is O=C(NCCc1ccccc1)c1cnc(N2CCc3ccccc3C2)cn1. The van der Waals surface area contributed by atoms with Crippen LogP contribution in [0.2, 0.25) is 0 Å². The number of rotatable bonds is 5. The fourth-order valence-electron chi connectivity index (χ4n) is 3.35. The molecular weight excluding hydrogens is 336 g/mol. The Hall–Kier alpha value is -3.21. The van der Waals surface area contributed by atoms with Gasteiger partial charge >= 0.3 is 0 Å². The summed E-state index contributed by atoms with van der Waals surface area (Å²) in [5.41, 5.74) is 4.28. The normalized spacial score (nSPS) is 13.1. The largest absolute Gasteiger partial charge is 0.351 e. The van der Waals surface area contributed by atoms with Crippen LogP contribution in [-0.2, 0) is 19.4 Å². The second kappa shape index (κ2) is 7.99. The summed E-state index contributed by atoms with van der Waals surface area (Å²) in [4.78, 5) is 23.2. The van der Waals surface area contributed by atoms with Crippen LogP contribution in [0.4, 0.5) is 5.82 Å². The topological polar surface area (TPSA) is 58.1 Å². The Labute approximate surface area is 159 Å². The summed E-state index contributed by atoms with van der Waals surface area (Å²) >= 11 is 0. The van der Waals surface area contributed by atoms with E-state index in [4.69, 9.17) is 0 Å². The average molecular weight is 358 g/mol. The minimum atomic E-state index is -0.186. The van der Waals surface area contributed by atoms with E-state index >= 15 is 0 Å². The fourth-order valence-corrected chi connectivity index (χ4v) is 3.35. The smallest absolute Gasteiger partial charge is 0.271 e. The highest BCUT2D eigenvalue weighted by molar-refractivity contribution is 5.92. The monoisotopic (exact) mass is 358 g/mol. The van der Waals surface area contributed by atoms with Crippen molar-refractivity contribution in [2.75, 3.05) is 18.0 Å². The van der Waals surface area contributed by atoms with Crippen molar-refractivity contribution in [3.05, 3.63) is 89.4 Å². The molecule has 5 nitrogen and oxygen atoms in total. The van der Waals surface area contributed by atoms with Crippen LogP contribution < -0.4 is 10.2 Å². The van der Waals surface area contributed by atoms with Crippen molar-refractivity contribution in [2.45, 2.75) is 19.4 Å². The third-order valence-corrected chi connectivity index (χ3v) is 4.87. The molecule has 2 aromatic carbocycles. The molecule has 3 aromatic rings. The van der Waals surface area contributed by atoms with Crippen LogP contribution >= 0.6 is 0 Å². The number of aromatic nitrogens is 2. The van der Waals surface area contributed by atoms with Crippen LogP contribution in [0.1, 0.15) is 27.2 Å². The number of benzene rings is 2. The highest BCUT2D eigenvalue weighted by Gasteiger charge is 2.17. The van der Waals surface area contributed by atoms with Gasteiger partial charge in [0.15, 0.2) is 0 Å². The first kappa shape index (κ1) is 17.2. The molecule has 0 radical (unpaired) electrons. The van der Waals surface area contributed by atoms with Gasteiger partial charge in [0.2, 0.25) is 0 Å². The number of carbonyl (C=O) groups excluding carboxylic acids is 1. The van der Waals surface area contributed by atoms with E-state index in [1.165, 1.54) is 16.7 Å². The standard InChI is InChI=1S/C22H22N4O/c27-22(23-12-10-17-6-2-1-3-7-17)20-14-25-21(15-24-20)26-13-11-18-8-4-5-9-19(18)16-26/h1-9,14-15H,10-13,16H2,(H,23,27). The summed E-state index contributed by atoms with van der Waals surface area (Å²) in [6, 6.07) is 18.6. The minimum Gasteiger partial charge on any atom is -0.351 e. The molecule has 1 aliphatic heterocycles. The van der Waals surface area contributed by atoms with Gasteiger partial charge in [-0.25, -0.2) is 9.97 Å². The lowest BCUT2D eigenvalue weighted by molar-refractivity contribution is 0.0949. The first-order chi connectivity index (χ1) is 13.3. The number of nitrogens with zero attached hydrogens (tertiary/aromatic N) is 3. The second-order valence-corrected chi connectivity index (χ2v) is 6.69. The van der Waals surface area contributed by atoms with Gasteiger partial charge in [-0.3, -0.25) is 4.79 Å². The van der Waals surface area contributed by atoms with Crippen LogP contribution in [0.3, 0.4) is 0 Å². The Bertz CT molecular complexity index is 909. The zero-order valence-corrected chi connectivity index (χ0v) is 15.1. The van der Waals surface area contributed by atoms with Crippen molar-refractivity contribution in [3.63, 3.8) is 0 Å². The fraction of sp³-hybridized carbons (Fsp3) is 0.227. The number of carbonyl (C=O) groups is 1. The maximum absolute atomic E-state index is 12.3. The third-order valence-electron chi connectivity index (χ3n) is 4.87. The zero-order chi connectivity index (χ0) is 18.5. The van der Waals surface area contributed by atoms with Crippen molar-refractivity contribution in [2.24, 2.45) is 0 Å². The van der Waals surface area contributed by atoms with E-state index in [1.807, 2.05) is 18.2 Å². The van der Waals surface area contributed by atoms with E-state index in [0.29, 0.717) is 12.2 Å². The van der Waals surface area contributed by atoms with Crippen LogP contribution in [0.25, 0.3) is 0 Å². The van der Waals surface area contributed by atoms with Crippen molar-refractivity contribution in [3.8, 4) is 0 Å². The predicted molar refractivity (Wildman–Crippen MR) is 106 cm³/mol. The molecule has 1 amide bonds. The van der Waals surface area contributed by atoms with Crippen molar-refractivity contribution >= 4 is 11.7 Å². The Morgan fingerprint density at radius 1 is 0.963 bits per heavy atom. The molecule has 27 heavy (non-hydrogen) atoms. The van der Waals surface area contributed by atoms with Gasteiger partial charge in [-0.2, -0.15) is 0 Å². The lowest BCUT2D eigenvalue weighted by Gasteiger charge is -2.29. The maximum atomic E-state index is 12.3. The molecule has 0 aliphatic carbocycles. The van der Waals surface area contributed by atoms with E-state index in [0.717, 1.165) is 31.7 Å². The van der Waals surface area contributed by atoms with Crippen molar-refractivity contribution in [1.82, 2.24) is 15.3 Å². The van der Waals surface area contributed by atoms with Gasteiger partial charge in [0, 0.05) is 19.6 Å². The average Bonchev–Trinajstić information content (AvgIpc) is 2.74. The summed E-state index contributed by atoms with van der Waals surface area (Å²) < 4.78 is 0. The molecule has 0 spiro atoms. The number of anilines is 1. The van der Waals surface area contributed by atoms with E-state index in [9.17, 15) is 4.79 Å². The second-order valence-electron chi connectivity index (χ2n) is 6.69. The highest BCUT2D eigenvalue weighted by Crippen LogP contribution is 2.22. The van der Waals surface area contributed by atoms with E-state index < -0.39 is 0 Å². The first-order valence-corrected chi connectivity index (χ1v) is 9.25. The van der Waals surface area contributed by atoms with E-state index in [2.05, 4.69) is 56.6 Å². The van der Waals surface area contributed by atoms with Gasteiger partial charge in [-0.05, 0) is 29.5 Å². The molecule has 1 aromatic heterocycles. The molecule has 2 heterocycles. The van der Waals surface area contributed by atoms with Crippen molar-refractivity contribution in [1.29, 1.82) is 0 Å². The molecule has 0 fully saturated rings. The van der Waals surface area contributed by atoms with Crippen LogP contribution in [0.5, 0.6) is 0 Å². The molecule has 0 unspecified atom stereocenters.